The predicted molar refractivity (Wildman–Crippen MR) is 110 cm³/mol. The predicted octanol–water partition coefficient (Wildman–Crippen LogP) is 5.54. The first-order valence-electron chi connectivity index (χ1n) is 10.5. The number of hydrogen-bond donors (Lipinski definition) is 0. The van der Waals surface area contributed by atoms with Crippen LogP contribution >= 0.6 is 0 Å². The Morgan fingerprint density at radius 2 is 1.56 bits per heavy atom. The van der Waals surface area contributed by atoms with Gasteiger partial charge in [-0.3, -0.25) is 4.90 Å². The van der Waals surface area contributed by atoms with Gasteiger partial charge in [-0.25, -0.2) is 0 Å². The summed E-state index contributed by atoms with van der Waals surface area (Å²) in [7, 11) is 0. The smallest absolute Gasteiger partial charge is 0.0402 e. The molecular weight excluding hydrogens is 304 g/mol. The van der Waals surface area contributed by atoms with E-state index in [0.29, 0.717) is 5.41 Å². The lowest BCUT2D eigenvalue weighted by Gasteiger charge is -2.40. The lowest BCUT2D eigenvalue weighted by molar-refractivity contribution is 0.169. The number of nitrogens with zero attached hydrogens (tertiary/aromatic N) is 2. The Hall–Kier alpha value is -1.02. The molecule has 2 heteroatoms. The molecule has 1 saturated heterocycles. The van der Waals surface area contributed by atoms with Crippen molar-refractivity contribution in [1.82, 2.24) is 4.90 Å². The second-order valence-corrected chi connectivity index (χ2v) is 9.30. The van der Waals surface area contributed by atoms with E-state index in [4.69, 9.17) is 0 Å². The maximum Gasteiger partial charge on any atom is 0.0402 e. The van der Waals surface area contributed by atoms with Crippen LogP contribution in [0, 0.1) is 11.3 Å². The van der Waals surface area contributed by atoms with Crippen LogP contribution in [0.25, 0.3) is 0 Å². The highest BCUT2D eigenvalue weighted by atomic mass is 15.3. The topological polar surface area (TPSA) is 6.48 Å². The molecule has 0 N–H and O–H groups in total. The second-order valence-electron chi connectivity index (χ2n) is 9.30. The lowest BCUT2D eigenvalue weighted by atomic mass is 9.68. The van der Waals surface area contributed by atoms with Gasteiger partial charge in [-0.1, -0.05) is 45.9 Å². The maximum absolute atomic E-state index is 2.65. The van der Waals surface area contributed by atoms with E-state index in [2.05, 4.69) is 61.8 Å². The molecule has 0 radical (unpaired) electrons. The molecule has 0 amide bonds. The molecule has 1 saturated carbocycles. The van der Waals surface area contributed by atoms with Crippen LogP contribution in [0.3, 0.4) is 0 Å². The zero-order chi connectivity index (χ0) is 17.9. The summed E-state index contributed by atoms with van der Waals surface area (Å²) in [5, 5.41) is 0. The van der Waals surface area contributed by atoms with Gasteiger partial charge in [0, 0.05) is 31.9 Å². The minimum Gasteiger partial charge on any atom is -0.369 e. The van der Waals surface area contributed by atoms with Gasteiger partial charge in [0.15, 0.2) is 0 Å². The van der Waals surface area contributed by atoms with Crippen LogP contribution in [-0.4, -0.2) is 37.6 Å². The van der Waals surface area contributed by atoms with Crippen LogP contribution < -0.4 is 4.90 Å². The van der Waals surface area contributed by atoms with E-state index in [1.165, 1.54) is 70.5 Å². The Balaban J connectivity index is 1.66. The maximum atomic E-state index is 2.65. The van der Waals surface area contributed by atoms with Gasteiger partial charge in [0.2, 0.25) is 0 Å². The Morgan fingerprint density at radius 1 is 0.920 bits per heavy atom. The molecule has 1 aromatic rings. The van der Waals surface area contributed by atoms with Crippen LogP contribution in [0.4, 0.5) is 5.69 Å². The molecule has 25 heavy (non-hydrogen) atoms. The normalized spacial score (nSPS) is 26.0. The average molecular weight is 343 g/mol. The summed E-state index contributed by atoms with van der Waals surface area (Å²) in [5.74, 6) is 1.66. The number of rotatable bonds is 4. The van der Waals surface area contributed by atoms with Gasteiger partial charge in [-0.05, 0) is 67.5 Å². The molecule has 0 atom stereocenters. The van der Waals surface area contributed by atoms with Gasteiger partial charge in [-0.2, -0.15) is 0 Å². The van der Waals surface area contributed by atoms with E-state index in [1.807, 2.05) is 0 Å². The number of para-hydroxylation sites is 1. The molecule has 0 aromatic heterocycles. The average Bonchev–Trinajstić information content (AvgIpc) is 2.62. The third-order valence-corrected chi connectivity index (χ3v) is 6.58. The molecular formula is C23H38N2. The molecule has 2 fully saturated rings. The highest BCUT2D eigenvalue weighted by molar-refractivity contribution is 5.55. The van der Waals surface area contributed by atoms with Crippen molar-refractivity contribution >= 4 is 5.69 Å². The first kappa shape index (κ1) is 18.8. The molecule has 2 aliphatic rings. The molecule has 0 unspecified atom stereocenters. The summed E-state index contributed by atoms with van der Waals surface area (Å²) in [6, 6.07) is 9.27. The van der Waals surface area contributed by atoms with Crippen molar-refractivity contribution in [3.63, 3.8) is 0 Å². The number of piperazine rings is 1. The van der Waals surface area contributed by atoms with Gasteiger partial charge in [0.05, 0.1) is 0 Å². The second kappa shape index (κ2) is 8.12. The molecule has 3 rings (SSSR count). The van der Waals surface area contributed by atoms with Gasteiger partial charge >= 0.3 is 0 Å². The standard InChI is InChI=1S/C23H38N2/c1-5-14-24-15-17-25(18-16-24)22-9-7-6-8-21(22)19-10-12-20(13-11-19)23(2,3)4/h6-9,19-20H,5,10-18H2,1-4H3. The third-order valence-electron chi connectivity index (χ3n) is 6.58. The highest BCUT2D eigenvalue weighted by Gasteiger charge is 2.31. The van der Waals surface area contributed by atoms with E-state index in [1.54, 1.807) is 5.56 Å². The van der Waals surface area contributed by atoms with Crippen molar-refractivity contribution in [3.8, 4) is 0 Å². The van der Waals surface area contributed by atoms with Gasteiger partial charge in [0.25, 0.3) is 0 Å². The van der Waals surface area contributed by atoms with Crippen molar-refractivity contribution < 1.29 is 0 Å². The molecule has 140 valence electrons. The Bertz CT molecular complexity index is 529. The van der Waals surface area contributed by atoms with Gasteiger partial charge in [0.1, 0.15) is 0 Å². The summed E-state index contributed by atoms with van der Waals surface area (Å²) in [6.07, 6.45) is 6.80. The summed E-state index contributed by atoms with van der Waals surface area (Å²) >= 11 is 0. The van der Waals surface area contributed by atoms with Crippen molar-refractivity contribution in [2.75, 3.05) is 37.6 Å². The summed E-state index contributed by atoms with van der Waals surface area (Å²) < 4.78 is 0. The minimum atomic E-state index is 0.472. The molecule has 1 heterocycles. The zero-order valence-electron chi connectivity index (χ0n) is 16.9. The fourth-order valence-corrected chi connectivity index (χ4v) is 4.92. The molecule has 1 aliphatic heterocycles. The first-order valence-corrected chi connectivity index (χ1v) is 10.5. The Labute approximate surface area is 155 Å². The van der Waals surface area contributed by atoms with Crippen molar-refractivity contribution in [1.29, 1.82) is 0 Å². The van der Waals surface area contributed by atoms with Gasteiger partial charge in [-0.15, -0.1) is 0 Å². The Morgan fingerprint density at radius 3 is 2.16 bits per heavy atom. The summed E-state index contributed by atoms with van der Waals surface area (Å²) in [5.41, 5.74) is 3.62. The molecule has 0 bridgehead atoms. The highest BCUT2D eigenvalue weighted by Crippen LogP contribution is 2.45. The fourth-order valence-electron chi connectivity index (χ4n) is 4.92. The summed E-state index contributed by atoms with van der Waals surface area (Å²) in [6.45, 7) is 15.6. The van der Waals surface area contributed by atoms with E-state index >= 15 is 0 Å². The van der Waals surface area contributed by atoms with E-state index in [9.17, 15) is 0 Å². The van der Waals surface area contributed by atoms with Crippen molar-refractivity contribution in [2.24, 2.45) is 11.3 Å². The molecule has 0 spiro atoms. The molecule has 1 aromatic carbocycles. The van der Waals surface area contributed by atoms with E-state index in [-0.39, 0.29) is 0 Å². The van der Waals surface area contributed by atoms with Crippen LogP contribution in [0.2, 0.25) is 0 Å². The van der Waals surface area contributed by atoms with Crippen molar-refractivity contribution in [2.45, 2.75) is 65.7 Å². The number of hydrogen-bond acceptors (Lipinski definition) is 2. The number of anilines is 1. The fraction of sp³-hybridized carbons (Fsp3) is 0.739. The van der Waals surface area contributed by atoms with Crippen LogP contribution in [0.15, 0.2) is 24.3 Å². The van der Waals surface area contributed by atoms with Gasteiger partial charge < -0.3 is 4.90 Å². The quantitative estimate of drug-likeness (QED) is 0.709. The summed E-state index contributed by atoms with van der Waals surface area (Å²) in [4.78, 5) is 5.27. The monoisotopic (exact) mass is 342 g/mol. The van der Waals surface area contributed by atoms with Crippen LogP contribution in [-0.2, 0) is 0 Å². The molecule has 1 aliphatic carbocycles. The van der Waals surface area contributed by atoms with E-state index < -0.39 is 0 Å². The lowest BCUT2D eigenvalue weighted by Crippen LogP contribution is -2.46. The van der Waals surface area contributed by atoms with E-state index in [0.717, 1.165) is 11.8 Å². The van der Waals surface area contributed by atoms with Crippen LogP contribution in [0.5, 0.6) is 0 Å². The SMILES string of the molecule is CCCN1CCN(c2ccccc2C2CCC(C(C)(C)C)CC2)CC1. The van der Waals surface area contributed by atoms with Crippen molar-refractivity contribution in [3.05, 3.63) is 29.8 Å². The Kier molecular flexibility index (Phi) is 6.09. The largest absolute Gasteiger partial charge is 0.369 e. The minimum absolute atomic E-state index is 0.472. The first-order chi connectivity index (χ1) is 12.0. The number of benzene rings is 1. The van der Waals surface area contributed by atoms with Crippen LogP contribution in [0.1, 0.15) is 71.3 Å². The third kappa shape index (κ3) is 4.58. The molecule has 2 nitrogen and oxygen atoms in total. The zero-order valence-corrected chi connectivity index (χ0v) is 16.9.